The Hall–Kier alpha value is -6.87. The highest BCUT2D eigenvalue weighted by Gasteiger charge is 2.60. The van der Waals surface area contributed by atoms with Gasteiger partial charge in [0.25, 0.3) is 11.8 Å². The van der Waals surface area contributed by atoms with Gasteiger partial charge in [0.15, 0.2) is 0 Å². The van der Waals surface area contributed by atoms with E-state index >= 15 is 0 Å². The number of rotatable bonds is 20. The van der Waals surface area contributed by atoms with Crippen molar-refractivity contribution in [3.8, 4) is 5.75 Å². The van der Waals surface area contributed by atoms with Crippen molar-refractivity contribution in [1.82, 2.24) is 37.0 Å². The standard InChI is InChI=1S/C56H74ClN7O14/c1-30(2)26-39-53(73)76-40(12-10-13-42(65)60-38(28-35-18-21-41(75-9)37(57)27-35)51(71)63-56(24-25-56)55(7,8)54(74)61-39)32(5)48-49(77-48)36-19-16-34(17-20-36)29-58-50(70)33(6)59-52(72)47(31(3)4)62-43(66)14-11-15-46(69)78-64-44(67)22-23-45(64)68/h10,13,16-21,27,30-33,38-40,47-49H,11-12,14-15,22-26,28-29H2,1-9H3,(H,58,70)(H,59,72)(H,60,65)(H,61,74)(H,62,66)(H,63,71)/b13-10+/t32-,33-,38+,39-,40-,47-,48+,49+/m0/s1. The van der Waals surface area contributed by atoms with Gasteiger partial charge in [0.1, 0.15) is 42.1 Å². The Bertz CT molecular complexity index is 2620. The number of hydroxylamine groups is 2. The molecule has 1 saturated carbocycles. The summed E-state index contributed by atoms with van der Waals surface area (Å²) in [6, 6.07) is 8.49. The maximum Gasteiger partial charge on any atom is 0.333 e. The van der Waals surface area contributed by atoms with Crippen LogP contribution in [0.15, 0.2) is 54.6 Å². The van der Waals surface area contributed by atoms with E-state index in [0.717, 1.165) is 11.1 Å². The summed E-state index contributed by atoms with van der Waals surface area (Å²) in [5.74, 6) is -6.02. The zero-order valence-electron chi connectivity index (χ0n) is 45.8. The molecule has 1 spiro atoms. The van der Waals surface area contributed by atoms with Gasteiger partial charge in [-0.3, -0.25) is 38.4 Å². The van der Waals surface area contributed by atoms with Crippen molar-refractivity contribution in [2.24, 2.45) is 23.2 Å². The highest BCUT2D eigenvalue weighted by atomic mass is 35.5. The van der Waals surface area contributed by atoms with Crippen LogP contribution in [0.4, 0.5) is 0 Å². The number of epoxide rings is 1. The number of halogens is 1. The molecule has 3 aliphatic heterocycles. The summed E-state index contributed by atoms with van der Waals surface area (Å²) in [7, 11) is 1.49. The Morgan fingerprint density at radius 2 is 1.51 bits per heavy atom. The molecule has 21 nitrogen and oxygen atoms in total. The number of ether oxygens (including phenoxy) is 3. The van der Waals surface area contributed by atoms with Crippen molar-refractivity contribution in [1.29, 1.82) is 0 Å². The molecule has 8 atom stereocenters. The van der Waals surface area contributed by atoms with Crippen molar-refractivity contribution in [2.75, 3.05) is 7.11 Å². The number of hydrogen-bond acceptors (Lipinski definition) is 14. The van der Waals surface area contributed by atoms with Crippen molar-refractivity contribution in [2.45, 2.75) is 174 Å². The molecule has 22 heteroatoms. The van der Waals surface area contributed by atoms with Gasteiger partial charge in [-0.25, -0.2) is 9.59 Å². The molecule has 0 bridgehead atoms. The van der Waals surface area contributed by atoms with Gasteiger partial charge in [0, 0.05) is 51.0 Å². The third-order valence-electron chi connectivity index (χ3n) is 14.8. The fraction of sp³-hybridized carbons (Fsp3) is 0.571. The minimum atomic E-state index is -1.16. The Morgan fingerprint density at radius 3 is 2.13 bits per heavy atom. The number of cyclic esters (lactones) is 1. The zero-order valence-corrected chi connectivity index (χ0v) is 46.5. The van der Waals surface area contributed by atoms with E-state index in [0.29, 0.717) is 34.2 Å². The zero-order chi connectivity index (χ0) is 57.2. The van der Waals surface area contributed by atoms with E-state index in [1.165, 1.54) is 20.1 Å². The predicted molar refractivity (Wildman–Crippen MR) is 283 cm³/mol. The van der Waals surface area contributed by atoms with Crippen LogP contribution in [0.2, 0.25) is 5.02 Å². The molecule has 0 radical (unpaired) electrons. The van der Waals surface area contributed by atoms with Gasteiger partial charge in [0.05, 0.1) is 29.2 Å². The van der Waals surface area contributed by atoms with Crippen molar-refractivity contribution >= 4 is 70.8 Å². The molecular weight excluding hydrogens is 1030 g/mol. The minimum absolute atomic E-state index is 0.00400. The summed E-state index contributed by atoms with van der Waals surface area (Å²) < 4.78 is 17.8. The van der Waals surface area contributed by atoms with Crippen LogP contribution in [-0.2, 0) is 75.2 Å². The number of nitrogens with one attached hydrogen (secondary N) is 6. The van der Waals surface area contributed by atoms with E-state index in [9.17, 15) is 47.9 Å². The highest BCUT2D eigenvalue weighted by molar-refractivity contribution is 6.32. The van der Waals surface area contributed by atoms with E-state index < -0.39 is 112 Å². The predicted octanol–water partition coefficient (Wildman–Crippen LogP) is 4.27. The summed E-state index contributed by atoms with van der Waals surface area (Å²) in [5, 5.41) is 17.8. The van der Waals surface area contributed by atoms with Gasteiger partial charge >= 0.3 is 11.9 Å². The lowest BCUT2D eigenvalue weighted by molar-refractivity contribution is -0.197. The molecule has 2 aromatic rings. The number of carbonyl (C=O) groups is 10. The number of methoxy groups -OCH3 is 1. The number of imide groups is 1. The molecule has 0 aromatic heterocycles. The Labute approximate surface area is 459 Å². The fourth-order valence-electron chi connectivity index (χ4n) is 9.53. The maximum absolute atomic E-state index is 14.2. The van der Waals surface area contributed by atoms with Crippen LogP contribution in [-0.4, -0.2) is 113 Å². The largest absolute Gasteiger partial charge is 0.495 e. The average molecular weight is 1100 g/mol. The fourth-order valence-corrected chi connectivity index (χ4v) is 9.81. The van der Waals surface area contributed by atoms with E-state index in [-0.39, 0.29) is 75.9 Å². The highest BCUT2D eigenvalue weighted by Crippen LogP contribution is 2.50. The normalized spacial score (nSPS) is 23.7. The molecular formula is C56H74ClN7O14. The summed E-state index contributed by atoms with van der Waals surface area (Å²) >= 11 is 6.43. The molecule has 6 N–H and O–H groups in total. The molecule has 4 aliphatic rings. The minimum Gasteiger partial charge on any atom is -0.495 e. The van der Waals surface area contributed by atoms with Gasteiger partial charge < -0.3 is 50.9 Å². The SMILES string of the molecule is COc1ccc(C[C@H]2NC(=O)/C=C/C[C@@H]([C@H](C)[C@H]3O[C@@H]3c3ccc(CNC(=O)[C@H](C)NC(=O)[C@@H](NC(=O)CCCC(=O)ON4C(=O)CCC4=O)C(C)C)cc3)OC(=O)[C@H](CC(C)C)NC(=O)C(C)(C)C3(CC3)NC2=O)cc1Cl. The maximum atomic E-state index is 14.2. The number of esters is 1. The van der Waals surface area contributed by atoms with Gasteiger partial charge in [-0.2, -0.15) is 0 Å². The van der Waals surface area contributed by atoms with Gasteiger partial charge in [-0.05, 0) is 93.2 Å². The Morgan fingerprint density at radius 1 is 0.846 bits per heavy atom. The third-order valence-corrected chi connectivity index (χ3v) is 15.1. The van der Waals surface area contributed by atoms with Crippen LogP contribution in [0.3, 0.4) is 0 Å². The van der Waals surface area contributed by atoms with E-state index in [4.69, 9.17) is 30.6 Å². The number of nitrogens with zero attached hydrogens (tertiary/aromatic N) is 1. The second kappa shape index (κ2) is 26.2. The smallest absolute Gasteiger partial charge is 0.333 e. The second-order valence-corrected chi connectivity index (χ2v) is 22.4. The molecule has 1 aliphatic carbocycles. The first-order valence-corrected chi connectivity index (χ1v) is 27.0. The molecule has 3 heterocycles. The van der Waals surface area contributed by atoms with Crippen LogP contribution in [0.1, 0.15) is 136 Å². The Balaban J connectivity index is 1.05. The topological polar surface area (TPSA) is 286 Å². The van der Waals surface area contributed by atoms with Crippen LogP contribution < -0.4 is 36.6 Å². The number of benzene rings is 2. The van der Waals surface area contributed by atoms with Crippen LogP contribution in [0, 0.1) is 23.2 Å². The monoisotopic (exact) mass is 1100 g/mol. The molecule has 6 rings (SSSR count). The van der Waals surface area contributed by atoms with E-state index in [1.54, 1.807) is 52.0 Å². The van der Waals surface area contributed by atoms with E-state index in [2.05, 4.69) is 31.9 Å². The second-order valence-electron chi connectivity index (χ2n) is 22.0. The van der Waals surface area contributed by atoms with Crippen LogP contribution in [0.25, 0.3) is 0 Å². The van der Waals surface area contributed by atoms with Gasteiger partial charge in [0.2, 0.25) is 35.4 Å². The molecule has 424 valence electrons. The summed E-state index contributed by atoms with van der Waals surface area (Å²) in [5.41, 5.74) is 0.150. The Kier molecular flexibility index (Phi) is 20.3. The first-order valence-electron chi connectivity index (χ1n) is 26.6. The van der Waals surface area contributed by atoms with E-state index in [1.807, 2.05) is 45.0 Å². The van der Waals surface area contributed by atoms with Crippen molar-refractivity contribution < 1.29 is 67.0 Å². The molecule has 0 unspecified atom stereocenters. The number of carbonyl (C=O) groups excluding carboxylic acids is 10. The third kappa shape index (κ3) is 15.7. The molecule has 3 fully saturated rings. The van der Waals surface area contributed by atoms with Crippen molar-refractivity contribution in [3.05, 3.63) is 76.3 Å². The summed E-state index contributed by atoms with van der Waals surface area (Å²) in [6.45, 7) is 14.3. The molecule has 8 amide bonds. The summed E-state index contributed by atoms with van der Waals surface area (Å²) in [6.07, 6.45) is 2.41. The van der Waals surface area contributed by atoms with Crippen LogP contribution >= 0.6 is 11.6 Å². The number of hydrogen-bond donors (Lipinski definition) is 6. The molecule has 2 saturated heterocycles. The first kappa shape index (κ1) is 60.4. The van der Waals surface area contributed by atoms with Crippen molar-refractivity contribution in [3.63, 3.8) is 0 Å². The van der Waals surface area contributed by atoms with Gasteiger partial charge in [-0.1, -0.05) is 82.6 Å². The first-order chi connectivity index (χ1) is 36.8. The van der Waals surface area contributed by atoms with Gasteiger partial charge in [-0.15, -0.1) is 5.06 Å². The average Bonchev–Trinajstić information content (AvgIpc) is 4.33. The lowest BCUT2D eigenvalue weighted by Crippen LogP contribution is -2.60. The molecule has 78 heavy (non-hydrogen) atoms. The lowest BCUT2D eigenvalue weighted by Gasteiger charge is -2.36. The lowest BCUT2D eigenvalue weighted by atomic mass is 9.80. The van der Waals surface area contributed by atoms with Crippen LogP contribution in [0.5, 0.6) is 5.75 Å². The number of amides is 8. The quantitative estimate of drug-likeness (QED) is 0.0614. The summed E-state index contributed by atoms with van der Waals surface area (Å²) in [4.78, 5) is 136. The molecule has 2 aromatic carbocycles.